The Bertz CT molecular complexity index is 385. The molecule has 1 atom stereocenters. The van der Waals surface area contributed by atoms with Crippen molar-refractivity contribution in [2.45, 2.75) is 38.6 Å². The Kier molecular flexibility index (Phi) is 4.46. The molecular weight excluding hydrogens is 278 g/mol. The summed E-state index contributed by atoms with van der Waals surface area (Å²) >= 11 is 3.47. The molecule has 2 nitrogen and oxygen atoms in total. The van der Waals surface area contributed by atoms with Gasteiger partial charge in [-0.3, -0.25) is 4.90 Å². The van der Waals surface area contributed by atoms with Crippen molar-refractivity contribution in [3.63, 3.8) is 0 Å². The second-order valence-electron chi connectivity index (χ2n) is 4.80. The second-order valence-corrected chi connectivity index (χ2v) is 5.92. The van der Waals surface area contributed by atoms with E-state index in [0.717, 1.165) is 29.1 Å². The molecule has 0 saturated carbocycles. The third-order valence-electron chi connectivity index (χ3n) is 3.33. The van der Waals surface area contributed by atoms with Crippen LogP contribution in [0.4, 0.5) is 0 Å². The molecule has 1 aliphatic rings. The lowest BCUT2D eigenvalue weighted by Crippen LogP contribution is -2.29. The Hall–Kier alpha value is -0.540. The minimum atomic E-state index is 0.417. The van der Waals surface area contributed by atoms with Crippen LogP contribution in [0.5, 0.6) is 0 Å². The molecule has 0 amide bonds. The van der Waals surface area contributed by atoms with Gasteiger partial charge in [-0.15, -0.1) is 0 Å². The van der Waals surface area contributed by atoms with Crippen LogP contribution in [0.2, 0.25) is 0 Å². The summed E-state index contributed by atoms with van der Waals surface area (Å²) in [6.45, 7) is 8.01. The molecule has 1 fully saturated rings. The highest BCUT2D eigenvalue weighted by Gasteiger charge is 2.24. The number of furan rings is 1. The lowest BCUT2D eigenvalue weighted by molar-refractivity contribution is 0.194. The van der Waals surface area contributed by atoms with E-state index in [1.54, 1.807) is 0 Å². The summed E-state index contributed by atoms with van der Waals surface area (Å²) in [7, 11) is 0. The van der Waals surface area contributed by atoms with Crippen LogP contribution in [0.3, 0.4) is 0 Å². The Morgan fingerprint density at radius 3 is 2.94 bits per heavy atom. The van der Waals surface area contributed by atoms with Gasteiger partial charge in [0.1, 0.15) is 11.5 Å². The molecule has 3 heteroatoms. The molecule has 0 unspecified atom stereocenters. The molecule has 0 aliphatic carbocycles. The second kappa shape index (κ2) is 5.87. The smallest absolute Gasteiger partial charge is 0.121 e. The SMILES string of the molecule is C=C(Br)CN1CCCCC[C@@H]1c1ccc(C)o1. The standard InChI is InChI=1S/C14H20BrNO/c1-11(15)10-16-9-5-3-4-6-13(16)14-8-7-12(2)17-14/h7-8,13H,1,3-6,9-10H2,2H3/t13-/m1/s1. The maximum atomic E-state index is 5.80. The predicted octanol–water partition coefficient (Wildman–Crippen LogP) is 4.41. The van der Waals surface area contributed by atoms with E-state index in [-0.39, 0.29) is 0 Å². The van der Waals surface area contributed by atoms with Gasteiger partial charge in [-0.05, 0) is 38.4 Å². The fraction of sp³-hybridized carbons (Fsp3) is 0.571. The quantitative estimate of drug-likeness (QED) is 0.821. The fourth-order valence-corrected chi connectivity index (χ4v) is 2.85. The monoisotopic (exact) mass is 297 g/mol. The van der Waals surface area contributed by atoms with Gasteiger partial charge >= 0.3 is 0 Å². The van der Waals surface area contributed by atoms with Crippen LogP contribution < -0.4 is 0 Å². The molecule has 17 heavy (non-hydrogen) atoms. The number of nitrogens with zero attached hydrogens (tertiary/aromatic N) is 1. The van der Waals surface area contributed by atoms with Crippen molar-refractivity contribution in [3.05, 3.63) is 34.7 Å². The van der Waals surface area contributed by atoms with E-state index in [9.17, 15) is 0 Å². The van der Waals surface area contributed by atoms with E-state index in [1.165, 1.54) is 25.7 Å². The van der Waals surface area contributed by atoms with E-state index < -0.39 is 0 Å². The molecule has 1 aliphatic heterocycles. The van der Waals surface area contributed by atoms with Crippen LogP contribution in [0.15, 0.2) is 27.6 Å². The molecule has 2 heterocycles. The highest BCUT2D eigenvalue weighted by Crippen LogP contribution is 2.31. The Balaban J connectivity index is 2.16. The van der Waals surface area contributed by atoms with Crippen molar-refractivity contribution in [2.75, 3.05) is 13.1 Å². The van der Waals surface area contributed by atoms with Gasteiger partial charge in [0.25, 0.3) is 0 Å². The van der Waals surface area contributed by atoms with E-state index in [0.29, 0.717) is 6.04 Å². The van der Waals surface area contributed by atoms with Gasteiger partial charge < -0.3 is 4.42 Å². The summed E-state index contributed by atoms with van der Waals surface area (Å²) in [6.07, 6.45) is 5.07. The van der Waals surface area contributed by atoms with Crippen LogP contribution in [0, 0.1) is 6.92 Å². The van der Waals surface area contributed by atoms with E-state index in [2.05, 4.69) is 39.5 Å². The maximum Gasteiger partial charge on any atom is 0.121 e. The molecule has 0 N–H and O–H groups in total. The average molecular weight is 298 g/mol. The van der Waals surface area contributed by atoms with Crippen LogP contribution >= 0.6 is 15.9 Å². The number of halogens is 1. The van der Waals surface area contributed by atoms with Gasteiger partial charge in [-0.1, -0.05) is 35.4 Å². The predicted molar refractivity (Wildman–Crippen MR) is 74.3 cm³/mol. The first-order valence-electron chi connectivity index (χ1n) is 6.30. The molecule has 0 radical (unpaired) electrons. The molecule has 0 bridgehead atoms. The van der Waals surface area contributed by atoms with Crippen molar-refractivity contribution in [1.29, 1.82) is 0 Å². The minimum absolute atomic E-state index is 0.417. The lowest BCUT2D eigenvalue weighted by Gasteiger charge is -2.28. The zero-order valence-electron chi connectivity index (χ0n) is 10.4. The highest BCUT2D eigenvalue weighted by atomic mass is 79.9. The number of aryl methyl sites for hydroxylation is 1. The van der Waals surface area contributed by atoms with E-state index in [1.807, 2.05) is 6.92 Å². The van der Waals surface area contributed by atoms with Crippen LogP contribution in [-0.4, -0.2) is 18.0 Å². The van der Waals surface area contributed by atoms with Crippen molar-refractivity contribution in [3.8, 4) is 0 Å². The van der Waals surface area contributed by atoms with E-state index in [4.69, 9.17) is 4.42 Å². The first-order chi connectivity index (χ1) is 8.16. The number of hydrogen-bond donors (Lipinski definition) is 0. The minimum Gasteiger partial charge on any atom is -0.465 e. The molecule has 1 aromatic heterocycles. The first kappa shape index (κ1) is 12.9. The van der Waals surface area contributed by atoms with Crippen LogP contribution in [0.25, 0.3) is 0 Å². The third kappa shape index (κ3) is 3.46. The number of rotatable bonds is 3. The lowest BCUT2D eigenvalue weighted by atomic mass is 10.1. The van der Waals surface area contributed by atoms with Gasteiger partial charge in [-0.2, -0.15) is 0 Å². The summed E-state index contributed by atoms with van der Waals surface area (Å²) in [5.74, 6) is 2.11. The Morgan fingerprint density at radius 1 is 1.47 bits per heavy atom. The van der Waals surface area contributed by atoms with Crippen LogP contribution in [0.1, 0.15) is 43.2 Å². The van der Waals surface area contributed by atoms with Gasteiger partial charge in [-0.25, -0.2) is 0 Å². The molecule has 2 rings (SSSR count). The summed E-state index contributed by atoms with van der Waals surface area (Å²) in [6, 6.07) is 4.59. The Morgan fingerprint density at radius 2 is 2.29 bits per heavy atom. The zero-order chi connectivity index (χ0) is 12.3. The Labute approximate surface area is 112 Å². The normalized spacial score (nSPS) is 22.4. The fourth-order valence-electron chi connectivity index (χ4n) is 2.53. The first-order valence-corrected chi connectivity index (χ1v) is 7.10. The third-order valence-corrected chi connectivity index (χ3v) is 3.58. The van der Waals surface area contributed by atoms with Gasteiger partial charge in [0, 0.05) is 11.0 Å². The zero-order valence-corrected chi connectivity index (χ0v) is 12.0. The summed E-state index contributed by atoms with van der Waals surface area (Å²) in [5.41, 5.74) is 0. The highest BCUT2D eigenvalue weighted by molar-refractivity contribution is 9.11. The van der Waals surface area contributed by atoms with Crippen molar-refractivity contribution in [2.24, 2.45) is 0 Å². The molecule has 0 spiro atoms. The summed E-state index contributed by atoms with van der Waals surface area (Å²) in [5, 5.41) is 0. The molecular formula is C14H20BrNO. The largest absolute Gasteiger partial charge is 0.465 e. The van der Waals surface area contributed by atoms with Crippen molar-refractivity contribution in [1.82, 2.24) is 4.90 Å². The number of likely N-dealkylation sites (tertiary alicyclic amines) is 1. The molecule has 0 aromatic carbocycles. The number of hydrogen-bond acceptors (Lipinski definition) is 2. The van der Waals surface area contributed by atoms with Crippen LogP contribution in [-0.2, 0) is 0 Å². The van der Waals surface area contributed by atoms with Gasteiger partial charge in [0.15, 0.2) is 0 Å². The summed E-state index contributed by atoms with van der Waals surface area (Å²) < 4.78 is 6.85. The van der Waals surface area contributed by atoms with E-state index >= 15 is 0 Å². The molecule has 1 saturated heterocycles. The van der Waals surface area contributed by atoms with Crippen molar-refractivity contribution >= 4 is 15.9 Å². The van der Waals surface area contributed by atoms with Crippen molar-refractivity contribution < 1.29 is 4.42 Å². The topological polar surface area (TPSA) is 16.4 Å². The van der Waals surface area contributed by atoms with Gasteiger partial charge in [0.2, 0.25) is 0 Å². The summed E-state index contributed by atoms with van der Waals surface area (Å²) in [4.78, 5) is 2.47. The molecule has 1 aromatic rings. The van der Waals surface area contributed by atoms with Gasteiger partial charge in [0.05, 0.1) is 6.04 Å². The maximum absolute atomic E-state index is 5.80. The average Bonchev–Trinajstić information content (AvgIpc) is 2.56. The molecule has 94 valence electrons.